The van der Waals surface area contributed by atoms with Crippen molar-refractivity contribution in [1.29, 1.82) is 0 Å². The molecule has 0 fully saturated rings. The highest BCUT2D eigenvalue weighted by Crippen LogP contribution is 2.04. The number of pyridine rings is 1. The van der Waals surface area contributed by atoms with Gasteiger partial charge < -0.3 is 14.6 Å². The molecule has 19 heavy (non-hydrogen) atoms. The Balaban J connectivity index is 1.96. The number of carbonyl (C=O) groups is 1. The van der Waals surface area contributed by atoms with Gasteiger partial charge in [-0.15, -0.1) is 0 Å². The van der Waals surface area contributed by atoms with Crippen LogP contribution in [0.1, 0.15) is 19.5 Å². The van der Waals surface area contributed by atoms with Gasteiger partial charge in [0, 0.05) is 32.5 Å². The minimum Gasteiger partial charge on any atom is -0.345 e. The van der Waals surface area contributed by atoms with Crippen LogP contribution in [0.5, 0.6) is 0 Å². The van der Waals surface area contributed by atoms with Gasteiger partial charge in [0.05, 0.1) is 11.7 Å². The molecule has 0 saturated carbocycles. The van der Waals surface area contributed by atoms with Crippen LogP contribution in [-0.2, 0) is 11.3 Å². The molecule has 0 bridgehead atoms. The first-order valence-electron chi connectivity index (χ1n) is 6.52. The lowest BCUT2D eigenvalue weighted by Gasteiger charge is -2.20. The van der Waals surface area contributed by atoms with Crippen LogP contribution in [0.15, 0.2) is 30.6 Å². The molecule has 2 rings (SSSR count). The van der Waals surface area contributed by atoms with Gasteiger partial charge in [-0.1, -0.05) is 6.07 Å². The Kier molecular flexibility index (Phi) is 4.16. The van der Waals surface area contributed by atoms with E-state index in [9.17, 15) is 4.79 Å². The number of likely N-dealkylation sites (N-methyl/N-ethyl adjacent to an activating group) is 1. The van der Waals surface area contributed by atoms with Gasteiger partial charge in [-0.2, -0.15) is 0 Å². The second-order valence-electron chi connectivity index (χ2n) is 4.65. The van der Waals surface area contributed by atoms with Crippen molar-refractivity contribution in [2.24, 2.45) is 0 Å². The molecule has 1 amide bonds. The van der Waals surface area contributed by atoms with E-state index in [1.54, 1.807) is 4.90 Å². The molecule has 1 unspecified atom stereocenters. The minimum atomic E-state index is -0.199. The Labute approximate surface area is 113 Å². The second-order valence-corrected chi connectivity index (χ2v) is 4.65. The second kappa shape index (κ2) is 5.84. The van der Waals surface area contributed by atoms with Gasteiger partial charge in [-0.05, 0) is 26.0 Å². The third-order valence-electron chi connectivity index (χ3n) is 3.22. The fourth-order valence-corrected chi connectivity index (χ4v) is 1.90. The lowest BCUT2D eigenvalue weighted by atomic mass is 10.3. The van der Waals surface area contributed by atoms with Gasteiger partial charge in [0.1, 0.15) is 5.65 Å². The molecule has 2 aromatic heterocycles. The largest absolute Gasteiger partial charge is 0.345 e. The number of carbonyl (C=O) groups excluding carboxylic acids is 1. The fraction of sp³-hybridized carbons (Fsp3) is 0.429. The highest BCUT2D eigenvalue weighted by atomic mass is 16.2. The number of nitrogens with one attached hydrogen (secondary N) is 1. The average molecular weight is 260 g/mol. The van der Waals surface area contributed by atoms with E-state index < -0.39 is 0 Å². The third kappa shape index (κ3) is 3.12. The van der Waals surface area contributed by atoms with Gasteiger partial charge in [0.15, 0.2) is 0 Å². The molecule has 1 N–H and O–H groups in total. The van der Waals surface area contributed by atoms with Crippen LogP contribution < -0.4 is 5.32 Å². The zero-order chi connectivity index (χ0) is 13.8. The summed E-state index contributed by atoms with van der Waals surface area (Å²) in [6, 6.07) is 5.69. The molecule has 0 spiro atoms. The summed E-state index contributed by atoms with van der Waals surface area (Å²) < 4.78 is 1.97. The number of amides is 1. The van der Waals surface area contributed by atoms with Crippen molar-refractivity contribution in [3.05, 3.63) is 36.3 Å². The molecule has 0 aromatic carbocycles. The van der Waals surface area contributed by atoms with Crippen LogP contribution in [0.4, 0.5) is 0 Å². The number of fused-ring (bicyclic) bond motifs is 1. The van der Waals surface area contributed by atoms with Gasteiger partial charge in [-0.25, -0.2) is 4.98 Å². The standard InChI is InChI=1S/C14H20N4O/c1-4-17(3)14(19)11(2)15-9-12-10-18-8-6-5-7-13(18)16-12/h5-8,10-11,15H,4,9H2,1-3H3. The zero-order valence-electron chi connectivity index (χ0n) is 11.6. The predicted octanol–water partition coefficient (Wildman–Crippen LogP) is 1.29. The van der Waals surface area contributed by atoms with Crippen LogP contribution in [0.3, 0.4) is 0 Å². The van der Waals surface area contributed by atoms with E-state index in [-0.39, 0.29) is 11.9 Å². The quantitative estimate of drug-likeness (QED) is 0.881. The molecular weight excluding hydrogens is 240 g/mol. The summed E-state index contributed by atoms with van der Waals surface area (Å²) >= 11 is 0. The van der Waals surface area contributed by atoms with Gasteiger partial charge in [0.25, 0.3) is 0 Å². The summed E-state index contributed by atoms with van der Waals surface area (Å²) in [5.74, 6) is 0.103. The predicted molar refractivity (Wildman–Crippen MR) is 74.8 cm³/mol. The Morgan fingerprint density at radius 1 is 1.53 bits per heavy atom. The van der Waals surface area contributed by atoms with E-state index in [4.69, 9.17) is 0 Å². The number of hydrogen-bond donors (Lipinski definition) is 1. The third-order valence-corrected chi connectivity index (χ3v) is 3.22. The van der Waals surface area contributed by atoms with Crippen LogP contribution in [-0.4, -0.2) is 39.8 Å². The number of aromatic nitrogens is 2. The molecular formula is C14H20N4O. The molecule has 5 nitrogen and oxygen atoms in total. The topological polar surface area (TPSA) is 49.6 Å². The SMILES string of the molecule is CCN(C)C(=O)C(C)NCc1cn2ccccc2n1. The number of hydrogen-bond acceptors (Lipinski definition) is 3. The van der Waals surface area contributed by atoms with Crippen molar-refractivity contribution in [3.8, 4) is 0 Å². The van der Waals surface area contributed by atoms with E-state index in [2.05, 4.69) is 10.3 Å². The average Bonchev–Trinajstić information content (AvgIpc) is 2.85. The smallest absolute Gasteiger partial charge is 0.239 e. The lowest BCUT2D eigenvalue weighted by Crippen LogP contribution is -2.42. The van der Waals surface area contributed by atoms with Crippen LogP contribution in [0.25, 0.3) is 5.65 Å². The van der Waals surface area contributed by atoms with Crippen molar-refractivity contribution in [3.63, 3.8) is 0 Å². The lowest BCUT2D eigenvalue weighted by molar-refractivity contribution is -0.131. The van der Waals surface area contributed by atoms with Crippen LogP contribution >= 0.6 is 0 Å². The molecule has 102 valence electrons. The molecule has 2 heterocycles. The summed E-state index contributed by atoms with van der Waals surface area (Å²) in [4.78, 5) is 18.1. The van der Waals surface area contributed by atoms with Crippen molar-refractivity contribution in [1.82, 2.24) is 19.6 Å². The number of imidazole rings is 1. The Bertz CT molecular complexity index is 530. The summed E-state index contributed by atoms with van der Waals surface area (Å²) in [5.41, 5.74) is 1.86. The van der Waals surface area contributed by atoms with E-state index in [0.29, 0.717) is 6.54 Å². The molecule has 0 aliphatic carbocycles. The van der Waals surface area contributed by atoms with Crippen molar-refractivity contribution >= 4 is 11.6 Å². The molecule has 2 aromatic rings. The van der Waals surface area contributed by atoms with Gasteiger partial charge in [-0.3, -0.25) is 4.79 Å². The molecule has 0 saturated heterocycles. The maximum Gasteiger partial charge on any atom is 0.239 e. The first-order chi connectivity index (χ1) is 9.11. The van der Waals surface area contributed by atoms with Gasteiger partial charge >= 0.3 is 0 Å². The Hall–Kier alpha value is -1.88. The van der Waals surface area contributed by atoms with Crippen LogP contribution in [0.2, 0.25) is 0 Å². The highest BCUT2D eigenvalue weighted by Gasteiger charge is 2.15. The summed E-state index contributed by atoms with van der Waals surface area (Å²) in [6.07, 6.45) is 3.94. The summed E-state index contributed by atoms with van der Waals surface area (Å²) in [6.45, 7) is 5.16. The number of nitrogens with zero attached hydrogens (tertiary/aromatic N) is 3. The van der Waals surface area contributed by atoms with Crippen molar-refractivity contribution in [2.75, 3.05) is 13.6 Å². The van der Waals surface area contributed by atoms with E-state index in [1.165, 1.54) is 0 Å². The molecule has 0 aliphatic heterocycles. The molecule has 1 atom stereocenters. The number of rotatable bonds is 5. The normalized spacial score (nSPS) is 12.6. The van der Waals surface area contributed by atoms with Crippen molar-refractivity contribution < 1.29 is 4.79 Å². The molecule has 0 radical (unpaired) electrons. The monoisotopic (exact) mass is 260 g/mol. The van der Waals surface area contributed by atoms with Crippen LogP contribution in [0, 0.1) is 0 Å². The first kappa shape index (κ1) is 13.5. The Morgan fingerprint density at radius 2 is 2.32 bits per heavy atom. The van der Waals surface area contributed by atoms with E-state index in [1.807, 2.05) is 55.9 Å². The van der Waals surface area contributed by atoms with Gasteiger partial charge in [0.2, 0.25) is 5.91 Å². The molecule has 5 heteroatoms. The maximum atomic E-state index is 11.9. The summed E-state index contributed by atoms with van der Waals surface area (Å²) in [7, 11) is 1.81. The Morgan fingerprint density at radius 3 is 3.00 bits per heavy atom. The van der Waals surface area contributed by atoms with E-state index in [0.717, 1.165) is 17.9 Å². The highest BCUT2D eigenvalue weighted by molar-refractivity contribution is 5.81. The minimum absolute atomic E-state index is 0.103. The maximum absolute atomic E-state index is 11.9. The summed E-state index contributed by atoms with van der Waals surface area (Å²) in [5, 5.41) is 3.21. The first-order valence-corrected chi connectivity index (χ1v) is 6.52. The fourth-order valence-electron chi connectivity index (χ4n) is 1.90. The zero-order valence-corrected chi connectivity index (χ0v) is 11.6. The van der Waals surface area contributed by atoms with Crippen molar-refractivity contribution in [2.45, 2.75) is 26.4 Å². The molecule has 0 aliphatic rings. The van der Waals surface area contributed by atoms with E-state index >= 15 is 0 Å².